The van der Waals surface area contributed by atoms with E-state index in [9.17, 15) is 13.2 Å². The number of aromatic nitrogens is 1. The van der Waals surface area contributed by atoms with E-state index in [1.54, 1.807) is 12.1 Å². The highest BCUT2D eigenvalue weighted by Crippen LogP contribution is 2.22. The molecule has 0 saturated carbocycles. The molecule has 1 unspecified atom stereocenters. The highest BCUT2D eigenvalue weighted by molar-refractivity contribution is 7.89. The van der Waals surface area contributed by atoms with Crippen molar-refractivity contribution >= 4 is 32.7 Å². The lowest BCUT2D eigenvalue weighted by Crippen LogP contribution is -2.34. The van der Waals surface area contributed by atoms with Crippen molar-refractivity contribution in [2.24, 2.45) is 0 Å². The summed E-state index contributed by atoms with van der Waals surface area (Å²) in [4.78, 5) is 15.6. The van der Waals surface area contributed by atoms with E-state index in [0.29, 0.717) is 10.5 Å². The first-order chi connectivity index (χ1) is 12.3. The second-order valence-electron chi connectivity index (χ2n) is 6.06. The summed E-state index contributed by atoms with van der Waals surface area (Å²) in [5.74, 6) is -0.629. The van der Waals surface area contributed by atoms with Gasteiger partial charge in [0.1, 0.15) is 0 Å². The molecule has 0 radical (unpaired) electrons. The molecule has 1 aromatic heterocycles. The molecule has 2 aromatic carbocycles. The Morgan fingerprint density at radius 2 is 2.00 bits per heavy atom. The second kappa shape index (κ2) is 7.24. The van der Waals surface area contributed by atoms with E-state index in [-0.39, 0.29) is 23.1 Å². The number of benzene rings is 2. The van der Waals surface area contributed by atoms with Crippen molar-refractivity contribution in [3.8, 4) is 0 Å². The SMILES string of the molecule is CN(C)C(CNS(=O)(=O)c1ccc2[nH]c(=O)oc2c1)c1cccc(Cl)c1. The largest absolute Gasteiger partial charge is 0.417 e. The van der Waals surface area contributed by atoms with E-state index in [0.717, 1.165) is 5.56 Å². The lowest BCUT2D eigenvalue weighted by molar-refractivity contribution is 0.299. The molecule has 0 spiro atoms. The Hall–Kier alpha value is -2.13. The smallest absolute Gasteiger partial charge is 0.408 e. The number of nitrogens with zero attached hydrogens (tertiary/aromatic N) is 1. The van der Waals surface area contributed by atoms with E-state index in [1.807, 2.05) is 31.1 Å². The molecule has 1 atom stereocenters. The minimum Gasteiger partial charge on any atom is -0.408 e. The molecule has 0 bridgehead atoms. The molecule has 138 valence electrons. The third-order valence-electron chi connectivity index (χ3n) is 4.03. The summed E-state index contributed by atoms with van der Waals surface area (Å²) in [6.45, 7) is 0.158. The summed E-state index contributed by atoms with van der Waals surface area (Å²) in [5.41, 5.74) is 1.54. The Morgan fingerprint density at radius 3 is 2.69 bits per heavy atom. The predicted molar refractivity (Wildman–Crippen MR) is 99.9 cm³/mol. The van der Waals surface area contributed by atoms with Crippen molar-refractivity contribution in [1.82, 2.24) is 14.6 Å². The van der Waals surface area contributed by atoms with Crippen molar-refractivity contribution in [3.63, 3.8) is 0 Å². The predicted octanol–water partition coefficient (Wildman–Crippen LogP) is 2.36. The molecule has 26 heavy (non-hydrogen) atoms. The standard InChI is InChI=1S/C17H18ClN3O4S/c1-21(2)15(11-4-3-5-12(18)8-11)10-19-26(23,24)13-6-7-14-16(9-13)25-17(22)20-14/h3-9,15,19H,10H2,1-2H3,(H,20,22). The quantitative estimate of drug-likeness (QED) is 0.668. The van der Waals surface area contributed by atoms with Crippen LogP contribution in [0, 0.1) is 0 Å². The van der Waals surface area contributed by atoms with Crippen LogP contribution in [-0.4, -0.2) is 38.9 Å². The number of sulfonamides is 1. The molecular weight excluding hydrogens is 378 g/mol. The summed E-state index contributed by atoms with van der Waals surface area (Å²) in [6.07, 6.45) is 0. The maximum absolute atomic E-state index is 12.6. The van der Waals surface area contributed by atoms with Crippen molar-refractivity contribution < 1.29 is 12.8 Å². The van der Waals surface area contributed by atoms with Gasteiger partial charge in [-0.3, -0.25) is 4.98 Å². The zero-order valence-corrected chi connectivity index (χ0v) is 15.8. The Bertz CT molecular complexity index is 1090. The van der Waals surface area contributed by atoms with Crippen molar-refractivity contribution in [3.05, 3.63) is 63.6 Å². The van der Waals surface area contributed by atoms with Crippen LogP contribution in [0.15, 0.2) is 56.6 Å². The molecule has 3 aromatic rings. The van der Waals surface area contributed by atoms with Gasteiger partial charge in [0, 0.05) is 23.7 Å². The van der Waals surface area contributed by atoms with Gasteiger partial charge >= 0.3 is 5.76 Å². The normalized spacial score (nSPS) is 13.4. The van der Waals surface area contributed by atoms with Gasteiger partial charge < -0.3 is 9.32 Å². The van der Waals surface area contributed by atoms with E-state index in [2.05, 4.69) is 9.71 Å². The molecule has 0 aliphatic rings. The van der Waals surface area contributed by atoms with Crippen LogP contribution < -0.4 is 10.5 Å². The first kappa shape index (κ1) is 18.7. The van der Waals surface area contributed by atoms with Gasteiger partial charge in [0.25, 0.3) is 0 Å². The first-order valence-electron chi connectivity index (χ1n) is 7.81. The highest BCUT2D eigenvalue weighted by Gasteiger charge is 2.20. The number of likely N-dealkylation sites (N-methyl/N-ethyl adjacent to an activating group) is 1. The molecule has 0 aliphatic carbocycles. The minimum absolute atomic E-state index is 0.0244. The fourth-order valence-electron chi connectivity index (χ4n) is 2.68. The van der Waals surface area contributed by atoms with Gasteiger partial charge in [-0.15, -0.1) is 0 Å². The number of rotatable bonds is 6. The van der Waals surface area contributed by atoms with Gasteiger partial charge in [-0.25, -0.2) is 17.9 Å². The molecule has 7 nitrogen and oxygen atoms in total. The number of H-pyrrole nitrogens is 1. The summed E-state index contributed by atoms with van der Waals surface area (Å²) < 4.78 is 32.8. The fourth-order valence-corrected chi connectivity index (χ4v) is 3.93. The van der Waals surface area contributed by atoms with E-state index < -0.39 is 15.8 Å². The van der Waals surface area contributed by atoms with Crippen LogP contribution in [0.1, 0.15) is 11.6 Å². The number of fused-ring (bicyclic) bond motifs is 1. The summed E-state index contributed by atoms with van der Waals surface area (Å²) in [5, 5.41) is 0.588. The van der Waals surface area contributed by atoms with E-state index in [1.165, 1.54) is 18.2 Å². The molecular formula is C17H18ClN3O4S. The van der Waals surface area contributed by atoms with Crippen LogP contribution in [0.25, 0.3) is 11.1 Å². The van der Waals surface area contributed by atoms with Gasteiger partial charge in [-0.2, -0.15) is 0 Å². The Kier molecular flexibility index (Phi) is 5.19. The van der Waals surface area contributed by atoms with Gasteiger partial charge in [-0.1, -0.05) is 23.7 Å². The van der Waals surface area contributed by atoms with Crippen molar-refractivity contribution in [1.29, 1.82) is 0 Å². The zero-order chi connectivity index (χ0) is 18.9. The fraction of sp³-hybridized carbons (Fsp3) is 0.235. The zero-order valence-electron chi connectivity index (χ0n) is 14.2. The summed E-state index contributed by atoms with van der Waals surface area (Å²) in [7, 11) is -0.0518. The summed E-state index contributed by atoms with van der Waals surface area (Å²) >= 11 is 6.04. The number of oxazole rings is 1. The Balaban J connectivity index is 1.84. The molecule has 0 amide bonds. The second-order valence-corrected chi connectivity index (χ2v) is 8.26. The van der Waals surface area contributed by atoms with Gasteiger partial charge in [0.05, 0.1) is 10.4 Å². The van der Waals surface area contributed by atoms with Crippen molar-refractivity contribution in [2.45, 2.75) is 10.9 Å². The van der Waals surface area contributed by atoms with Crippen LogP contribution in [0.5, 0.6) is 0 Å². The average Bonchev–Trinajstić information content (AvgIpc) is 2.93. The third kappa shape index (κ3) is 3.99. The third-order valence-corrected chi connectivity index (χ3v) is 5.68. The average molecular weight is 396 g/mol. The monoisotopic (exact) mass is 395 g/mol. The Morgan fingerprint density at radius 1 is 1.23 bits per heavy atom. The van der Waals surface area contributed by atoms with Crippen LogP contribution in [0.3, 0.4) is 0 Å². The lowest BCUT2D eigenvalue weighted by Gasteiger charge is -2.25. The van der Waals surface area contributed by atoms with Crippen molar-refractivity contribution in [2.75, 3.05) is 20.6 Å². The molecule has 0 aliphatic heterocycles. The topological polar surface area (TPSA) is 95.4 Å². The molecule has 0 fully saturated rings. The maximum atomic E-state index is 12.6. The van der Waals surface area contributed by atoms with E-state index in [4.69, 9.17) is 16.0 Å². The maximum Gasteiger partial charge on any atom is 0.417 e. The molecule has 1 heterocycles. The first-order valence-corrected chi connectivity index (χ1v) is 9.67. The van der Waals surface area contributed by atoms with Gasteiger partial charge in [-0.05, 0) is 43.9 Å². The highest BCUT2D eigenvalue weighted by atomic mass is 35.5. The van der Waals surface area contributed by atoms with Crippen LogP contribution in [0.2, 0.25) is 5.02 Å². The minimum atomic E-state index is -3.77. The molecule has 0 saturated heterocycles. The number of hydrogen-bond donors (Lipinski definition) is 2. The molecule has 2 N–H and O–H groups in total. The van der Waals surface area contributed by atoms with Crippen LogP contribution in [0.4, 0.5) is 0 Å². The summed E-state index contributed by atoms with van der Waals surface area (Å²) in [6, 6.07) is 11.3. The van der Waals surface area contributed by atoms with Crippen LogP contribution >= 0.6 is 11.6 Å². The number of nitrogens with one attached hydrogen (secondary N) is 2. The number of halogens is 1. The van der Waals surface area contributed by atoms with Gasteiger partial charge in [0.2, 0.25) is 10.0 Å². The van der Waals surface area contributed by atoms with Gasteiger partial charge in [0.15, 0.2) is 5.58 Å². The number of aromatic amines is 1. The van der Waals surface area contributed by atoms with Crippen LogP contribution in [-0.2, 0) is 10.0 Å². The lowest BCUT2D eigenvalue weighted by atomic mass is 10.1. The Labute approximate surface area is 155 Å². The van der Waals surface area contributed by atoms with E-state index >= 15 is 0 Å². The molecule has 3 rings (SSSR count). The number of hydrogen-bond acceptors (Lipinski definition) is 5. The molecule has 9 heteroatoms.